The van der Waals surface area contributed by atoms with Gasteiger partial charge in [0, 0.05) is 5.56 Å². The summed E-state index contributed by atoms with van der Waals surface area (Å²) in [6.45, 7) is 0. The predicted octanol–water partition coefficient (Wildman–Crippen LogP) is 2.57. The number of hydrogen-bond donors (Lipinski definition) is 1. The van der Waals surface area contributed by atoms with E-state index in [9.17, 15) is 13.2 Å². The van der Waals surface area contributed by atoms with Crippen molar-refractivity contribution in [2.45, 2.75) is 16.6 Å². The van der Waals surface area contributed by atoms with Crippen molar-refractivity contribution in [2.75, 3.05) is 0 Å². The third-order valence-corrected chi connectivity index (χ3v) is 5.77. The number of primary amides is 1. The van der Waals surface area contributed by atoms with Crippen LogP contribution in [-0.2, 0) is 16.3 Å². The van der Waals surface area contributed by atoms with Crippen LogP contribution in [0.5, 0.6) is 0 Å². The van der Waals surface area contributed by atoms with E-state index < -0.39 is 21.0 Å². The van der Waals surface area contributed by atoms with E-state index >= 15 is 0 Å². The topological polar surface area (TPSA) is 77.2 Å². The van der Waals surface area contributed by atoms with Gasteiger partial charge in [0.05, 0.1) is 16.0 Å². The van der Waals surface area contributed by atoms with Crippen LogP contribution in [0.25, 0.3) is 0 Å². The minimum atomic E-state index is -3.63. The molecule has 0 aliphatic heterocycles. The molecule has 0 aliphatic carbocycles. The summed E-state index contributed by atoms with van der Waals surface area (Å²) >= 11 is 5.76. The molecule has 1 unspecified atom stereocenters. The van der Waals surface area contributed by atoms with E-state index in [1.54, 1.807) is 0 Å². The summed E-state index contributed by atoms with van der Waals surface area (Å²) in [6, 6.07) is 14.8. The Morgan fingerprint density at radius 3 is 2.18 bits per heavy atom. The third-order valence-electron chi connectivity index (χ3n) is 3.29. The Kier molecular flexibility index (Phi) is 5.21. The SMILES string of the molecule is NC(=O)c1ccc(S(=O)(=O)C([CH]Cl)Cc2ccccc2)cc1. The molecule has 2 rings (SSSR count). The maximum atomic E-state index is 12.6. The van der Waals surface area contributed by atoms with Gasteiger partial charge in [-0.2, -0.15) is 0 Å². The highest BCUT2D eigenvalue weighted by atomic mass is 35.5. The Bertz CT molecular complexity index is 743. The van der Waals surface area contributed by atoms with Gasteiger partial charge in [0.1, 0.15) is 0 Å². The van der Waals surface area contributed by atoms with E-state index in [-0.39, 0.29) is 16.9 Å². The summed E-state index contributed by atoms with van der Waals surface area (Å²) in [6.07, 6.45) is 0.282. The molecule has 2 N–H and O–H groups in total. The second-order valence-electron chi connectivity index (χ2n) is 4.79. The van der Waals surface area contributed by atoms with Gasteiger partial charge in [-0.1, -0.05) is 30.3 Å². The van der Waals surface area contributed by atoms with Gasteiger partial charge >= 0.3 is 0 Å². The van der Waals surface area contributed by atoms with E-state index in [1.165, 1.54) is 24.3 Å². The van der Waals surface area contributed by atoms with Crippen LogP contribution in [0.15, 0.2) is 59.5 Å². The van der Waals surface area contributed by atoms with Crippen molar-refractivity contribution in [1.82, 2.24) is 0 Å². The van der Waals surface area contributed by atoms with Crippen LogP contribution in [0, 0.1) is 5.88 Å². The maximum absolute atomic E-state index is 12.6. The number of sulfone groups is 1. The number of hydrogen-bond acceptors (Lipinski definition) is 3. The lowest BCUT2D eigenvalue weighted by atomic mass is 10.1. The Hall–Kier alpha value is -1.85. The Morgan fingerprint density at radius 2 is 1.68 bits per heavy atom. The summed E-state index contributed by atoms with van der Waals surface area (Å²) < 4.78 is 25.2. The number of rotatable bonds is 6. The third kappa shape index (κ3) is 3.67. The zero-order valence-electron chi connectivity index (χ0n) is 11.6. The molecular weight excluding hydrogens is 322 g/mol. The lowest BCUT2D eigenvalue weighted by molar-refractivity contribution is 0.1000. The molecule has 22 heavy (non-hydrogen) atoms. The normalized spacial score (nSPS) is 12.8. The summed E-state index contributed by atoms with van der Waals surface area (Å²) in [4.78, 5) is 11.1. The molecule has 1 atom stereocenters. The van der Waals surface area contributed by atoms with Crippen molar-refractivity contribution in [3.05, 3.63) is 71.6 Å². The summed E-state index contributed by atoms with van der Waals surface area (Å²) in [5.41, 5.74) is 6.28. The zero-order chi connectivity index (χ0) is 16.2. The van der Waals surface area contributed by atoms with Crippen LogP contribution >= 0.6 is 11.6 Å². The molecule has 6 heteroatoms. The summed E-state index contributed by atoms with van der Waals surface area (Å²) in [5, 5.41) is -0.851. The number of amides is 1. The molecular formula is C16H15ClNO3S. The van der Waals surface area contributed by atoms with Gasteiger partial charge in [-0.05, 0) is 36.2 Å². The van der Waals surface area contributed by atoms with Gasteiger partial charge in [0.25, 0.3) is 0 Å². The lowest BCUT2D eigenvalue weighted by Gasteiger charge is -2.15. The van der Waals surface area contributed by atoms with Crippen LogP contribution in [-0.4, -0.2) is 19.6 Å². The standard InChI is InChI=1S/C16H15ClNO3S/c17-11-15(10-12-4-2-1-3-5-12)22(20,21)14-8-6-13(7-9-14)16(18)19/h1-9,11,15H,10H2,(H2,18,19). The monoisotopic (exact) mass is 336 g/mol. The van der Waals surface area contributed by atoms with Gasteiger partial charge < -0.3 is 5.73 Å². The first kappa shape index (κ1) is 16.5. The molecule has 0 heterocycles. The summed E-state index contributed by atoms with van der Waals surface area (Å²) in [7, 11) is -3.63. The van der Waals surface area contributed by atoms with Crippen LogP contribution in [0.3, 0.4) is 0 Å². The number of carbonyl (C=O) groups excluding carboxylic acids is 1. The first-order valence-electron chi connectivity index (χ1n) is 6.56. The average Bonchev–Trinajstić information content (AvgIpc) is 2.53. The van der Waals surface area contributed by atoms with Crippen molar-refractivity contribution in [2.24, 2.45) is 5.73 Å². The van der Waals surface area contributed by atoms with Gasteiger partial charge in [0.2, 0.25) is 5.91 Å². The highest BCUT2D eigenvalue weighted by Crippen LogP contribution is 2.23. The fourth-order valence-electron chi connectivity index (χ4n) is 2.05. The predicted molar refractivity (Wildman–Crippen MR) is 86.2 cm³/mol. The summed E-state index contributed by atoms with van der Waals surface area (Å²) in [5.74, 6) is 0.554. The van der Waals surface area contributed by atoms with E-state index in [0.29, 0.717) is 0 Å². The lowest BCUT2D eigenvalue weighted by Crippen LogP contribution is -2.23. The number of halogens is 1. The van der Waals surface area contributed by atoms with Crippen molar-refractivity contribution < 1.29 is 13.2 Å². The van der Waals surface area contributed by atoms with Gasteiger partial charge in [-0.15, -0.1) is 11.6 Å². The van der Waals surface area contributed by atoms with Crippen LogP contribution in [0.4, 0.5) is 0 Å². The van der Waals surface area contributed by atoms with E-state index in [1.807, 2.05) is 30.3 Å². The number of nitrogens with two attached hydrogens (primary N) is 1. The Morgan fingerprint density at radius 1 is 1.09 bits per heavy atom. The highest BCUT2D eigenvalue weighted by molar-refractivity contribution is 7.92. The van der Waals surface area contributed by atoms with Gasteiger partial charge in [-0.3, -0.25) is 4.79 Å². The van der Waals surface area contributed by atoms with E-state index in [4.69, 9.17) is 17.3 Å². The number of benzene rings is 2. The Balaban J connectivity index is 2.28. The molecule has 2 aromatic rings. The van der Waals surface area contributed by atoms with Gasteiger partial charge in [-0.25, -0.2) is 8.42 Å². The number of carbonyl (C=O) groups is 1. The fourth-order valence-corrected chi connectivity index (χ4v) is 3.96. The minimum Gasteiger partial charge on any atom is -0.366 e. The van der Waals surface area contributed by atoms with Crippen LogP contribution in [0.1, 0.15) is 15.9 Å². The molecule has 1 radical (unpaired) electrons. The van der Waals surface area contributed by atoms with Gasteiger partial charge in [0.15, 0.2) is 9.84 Å². The van der Waals surface area contributed by atoms with Crippen LogP contribution in [0.2, 0.25) is 0 Å². The average molecular weight is 337 g/mol. The van der Waals surface area contributed by atoms with E-state index in [0.717, 1.165) is 11.4 Å². The largest absolute Gasteiger partial charge is 0.366 e. The van der Waals surface area contributed by atoms with Crippen molar-refractivity contribution >= 4 is 27.3 Å². The fraction of sp³-hybridized carbons (Fsp3) is 0.125. The second-order valence-corrected chi connectivity index (χ2v) is 7.21. The molecule has 0 aromatic heterocycles. The molecule has 2 aromatic carbocycles. The molecule has 0 bridgehead atoms. The minimum absolute atomic E-state index is 0.107. The molecule has 4 nitrogen and oxygen atoms in total. The van der Waals surface area contributed by atoms with Crippen molar-refractivity contribution in [1.29, 1.82) is 0 Å². The first-order chi connectivity index (χ1) is 10.4. The van der Waals surface area contributed by atoms with Crippen LogP contribution < -0.4 is 5.73 Å². The second kappa shape index (κ2) is 6.94. The van der Waals surface area contributed by atoms with E-state index in [2.05, 4.69) is 0 Å². The molecule has 0 saturated carbocycles. The zero-order valence-corrected chi connectivity index (χ0v) is 13.2. The highest BCUT2D eigenvalue weighted by Gasteiger charge is 2.27. The molecule has 0 aliphatic rings. The molecule has 0 saturated heterocycles. The molecule has 115 valence electrons. The molecule has 0 spiro atoms. The Labute approximate surface area is 134 Å². The quantitative estimate of drug-likeness (QED) is 0.880. The first-order valence-corrected chi connectivity index (χ1v) is 8.54. The molecule has 0 fully saturated rings. The van der Waals surface area contributed by atoms with Crippen molar-refractivity contribution in [3.8, 4) is 0 Å². The smallest absolute Gasteiger partial charge is 0.248 e. The molecule has 1 amide bonds. The maximum Gasteiger partial charge on any atom is 0.248 e. The van der Waals surface area contributed by atoms with Crippen molar-refractivity contribution in [3.63, 3.8) is 0 Å².